The van der Waals surface area contributed by atoms with Gasteiger partial charge in [-0.2, -0.15) is 0 Å². The highest BCUT2D eigenvalue weighted by Crippen LogP contribution is 2.44. The number of fused-ring (bicyclic) bond motifs is 3. The van der Waals surface area contributed by atoms with Gasteiger partial charge in [0.15, 0.2) is 5.13 Å². The van der Waals surface area contributed by atoms with Gasteiger partial charge < -0.3 is 10.6 Å². The van der Waals surface area contributed by atoms with Crippen LogP contribution in [0, 0.1) is 18.8 Å². The lowest BCUT2D eigenvalue weighted by Crippen LogP contribution is -2.40. The third-order valence-electron chi connectivity index (χ3n) is 6.39. The second-order valence-corrected chi connectivity index (χ2v) is 9.91. The Hall–Kier alpha value is -2.64. The molecule has 1 aromatic heterocycles. The van der Waals surface area contributed by atoms with Crippen LogP contribution in [0.5, 0.6) is 0 Å². The Balaban J connectivity index is 1.27. The predicted octanol–water partition coefficient (Wildman–Crippen LogP) is 5.82. The molecule has 0 saturated heterocycles. The molecule has 31 heavy (non-hydrogen) atoms. The molecule has 160 valence electrons. The number of thiazole rings is 1. The van der Waals surface area contributed by atoms with E-state index in [1.54, 1.807) is 24.3 Å². The van der Waals surface area contributed by atoms with Crippen LogP contribution in [0.1, 0.15) is 41.6 Å². The summed E-state index contributed by atoms with van der Waals surface area (Å²) in [7, 11) is 0. The summed E-state index contributed by atoms with van der Waals surface area (Å²) >= 11 is 7.57. The molecule has 3 aromatic rings. The Morgan fingerprint density at radius 2 is 2.00 bits per heavy atom. The molecule has 3 amide bonds. The van der Waals surface area contributed by atoms with Crippen molar-refractivity contribution in [2.75, 3.05) is 10.6 Å². The first-order valence-electron chi connectivity index (χ1n) is 10.5. The van der Waals surface area contributed by atoms with Gasteiger partial charge in [0.2, 0.25) is 0 Å². The first kappa shape index (κ1) is 20.3. The van der Waals surface area contributed by atoms with Crippen molar-refractivity contribution < 1.29 is 9.59 Å². The van der Waals surface area contributed by atoms with E-state index in [2.05, 4.69) is 20.9 Å². The van der Waals surface area contributed by atoms with E-state index >= 15 is 0 Å². The van der Waals surface area contributed by atoms with Gasteiger partial charge in [-0.25, -0.2) is 9.78 Å². The third-order valence-corrected chi connectivity index (χ3v) is 7.63. The number of hydrogen-bond donors (Lipinski definition) is 3. The quantitative estimate of drug-likeness (QED) is 0.464. The number of anilines is 2. The molecule has 2 aliphatic rings. The van der Waals surface area contributed by atoms with Gasteiger partial charge in [0.25, 0.3) is 5.91 Å². The maximum absolute atomic E-state index is 12.7. The molecule has 2 aromatic carbocycles. The normalized spacial score (nSPS) is 21.9. The minimum atomic E-state index is -0.241. The molecular formula is C23H23ClN4O2S. The average Bonchev–Trinajstić information content (AvgIpc) is 3.45. The Morgan fingerprint density at radius 1 is 1.13 bits per heavy atom. The van der Waals surface area contributed by atoms with Crippen molar-refractivity contribution in [1.29, 1.82) is 0 Å². The molecule has 0 radical (unpaired) electrons. The molecular weight excluding hydrogens is 432 g/mol. The van der Waals surface area contributed by atoms with Crippen molar-refractivity contribution in [3.05, 3.63) is 52.5 Å². The minimum Gasteiger partial charge on any atom is -0.335 e. The van der Waals surface area contributed by atoms with Gasteiger partial charge in [-0.05, 0) is 67.9 Å². The summed E-state index contributed by atoms with van der Waals surface area (Å²) in [4.78, 5) is 29.7. The molecule has 8 heteroatoms. The van der Waals surface area contributed by atoms with Gasteiger partial charge in [-0.3, -0.25) is 10.1 Å². The van der Waals surface area contributed by atoms with Crippen molar-refractivity contribution in [2.45, 2.75) is 38.6 Å². The fourth-order valence-corrected chi connectivity index (χ4v) is 5.99. The Bertz CT molecular complexity index is 1160. The molecule has 2 bridgehead atoms. The average molecular weight is 455 g/mol. The number of aryl methyl sites for hydroxylation is 1. The van der Waals surface area contributed by atoms with Gasteiger partial charge >= 0.3 is 6.03 Å². The number of nitrogens with one attached hydrogen (secondary N) is 3. The van der Waals surface area contributed by atoms with Crippen LogP contribution < -0.4 is 16.0 Å². The standard InChI is InChI=1S/C23H23ClN4O2S/c1-12-3-2-4-16(24)20(12)27-21(29)15-7-8-17-19(11-15)31-23(26-17)28-22(30)25-18-10-13-5-6-14(18)9-13/h2-4,7-8,11,13-14,18H,5-6,9-10H2,1H3,(H,27,29)(H2,25,26,28,30). The molecule has 2 saturated carbocycles. The van der Waals surface area contributed by atoms with Gasteiger partial charge in [0.05, 0.1) is 20.9 Å². The zero-order valence-corrected chi connectivity index (χ0v) is 18.6. The lowest BCUT2D eigenvalue weighted by molar-refractivity contribution is 0.102. The van der Waals surface area contributed by atoms with Gasteiger partial charge in [-0.1, -0.05) is 41.5 Å². The molecule has 0 spiro atoms. The van der Waals surface area contributed by atoms with Crippen molar-refractivity contribution >= 4 is 55.9 Å². The van der Waals surface area contributed by atoms with Crippen LogP contribution in [-0.4, -0.2) is 23.0 Å². The highest BCUT2D eigenvalue weighted by Gasteiger charge is 2.40. The second-order valence-electron chi connectivity index (χ2n) is 8.47. The fourth-order valence-electron chi connectivity index (χ4n) is 4.82. The Kier molecular flexibility index (Phi) is 5.32. The highest BCUT2D eigenvalue weighted by molar-refractivity contribution is 7.22. The largest absolute Gasteiger partial charge is 0.335 e. The first-order valence-corrected chi connectivity index (χ1v) is 11.7. The second kappa shape index (κ2) is 8.13. The third kappa shape index (κ3) is 4.12. The van der Waals surface area contributed by atoms with E-state index in [4.69, 9.17) is 11.6 Å². The Morgan fingerprint density at radius 3 is 2.74 bits per heavy atom. The van der Waals surface area contributed by atoms with Crippen LogP contribution in [0.3, 0.4) is 0 Å². The van der Waals surface area contributed by atoms with E-state index in [1.165, 1.54) is 30.6 Å². The zero-order chi connectivity index (χ0) is 21.5. The van der Waals surface area contributed by atoms with E-state index in [-0.39, 0.29) is 18.0 Å². The van der Waals surface area contributed by atoms with E-state index in [9.17, 15) is 9.59 Å². The molecule has 5 rings (SSSR count). The SMILES string of the molecule is Cc1cccc(Cl)c1NC(=O)c1ccc2nc(NC(=O)NC3CC4CCC3C4)sc2c1. The number of aromatic nitrogens is 1. The van der Waals surface area contributed by atoms with E-state index < -0.39 is 0 Å². The van der Waals surface area contributed by atoms with Crippen molar-refractivity contribution in [1.82, 2.24) is 10.3 Å². The van der Waals surface area contributed by atoms with Crippen LogP contribution in [0.15, 0.2) is 36.4 Å². The smallest absolute Gasteiger partial charge is 0.321 e. The number of halogens is 1. The molecule has 3 unspecified atom stereocenters. The van der Waals surface area contributed by atoms with Crippen LogP contribution in [0.25, 0.3) is 10.2 Å². The van der Waals surface area contributed by atoms with Crippen molar-refractivity contribution in [3.63, 3.8) is 0 Å². The van der Waals surface area contributed by atoms with E-state index in [0.717, 1.165) is 28.1 Å². The number of nitrogens with zero attached hydrogens (tertiary/aromatic N) is 1. The lowest BCUT2D eigenvalue weighted by Gasteiger charge is -2.22. The fraction of sp³-hybridized carbons (Fsp3) is 0.348. The van der Waals surface area contributed by atoms with Crippen LogP contribution in [0.4, 0.5) is 15.6 Å². The number of hydrogen-bond acceptors (Lipinski definition) is 4. The molecule has 6 nitrogen and oxygen atoms in total. The number of benzene rings is 2. The summed E-state index contributed by atoms with van der Waals surface area (Å²) in [6, 6.07) is 10.9. The number of carbonyl (C=O) groups excluding carboxylic acids is 2. The molecule has 0 aliphatic heterocycles. The number of urea groups is 1. The number of rotatable bonds is 4. The van der Waals surface area contributed by atoms with Crippen LogP contribution >= 0.6 is 22.9 Å². The summed E-state index contributed by atoms with van der Waals surface area (Å²) in [6.45, 7) is 1.90. The number of para-hydroxylation sites is 1. The maximum atomic E-state index is 12.7. The lowest BCUT2D eigenvalue weighted by atomic mass is 9.95. The summed E-state index contributed by atoms with van der Waals surface area (Å²) in [5, 5.41) is 9.88. The molecule has 2 aliphatic carbocycles. The van der Waals surface area contributed by atoms with Gasteiger partial charge in [0, 0.05) is 11.6 Å². The monoisotopic (exact) mass is 454 g/mol. The zero-order valence-electron chi connectivity index (χ0n) is 17.1. The summed E-state index contributed by atoms with van der Waals surface area (Å²) in [5.41, 5.74) is 2.75. The van der Waals surface area contributed by atoms with Crippen molar-refractivity contribution in [3.8, 4) is 0 Å². The summed E-state index contributed by atoms with van der Waals surface area (Å²) in [6.07, 6.45) is 4.84. The Labute approximate surface area is 189 Å². The number of carbonyl (C=O) groups is 2. The predicted molar refractivity (Wildman–Crippen MR) is 125 cm³/mol. The van der Waals surface area contributed by atoms with E-state index in [0.29, 0.717) is 27.3 Å². The van der Waals surface area contributed by atoms with Crippen LogP contribution in [-0.2, 0) is 0 Å². The first-order chi connectivity index (χ1) is 15.0. The minimum absolute atomic E-state index is 0.205. The van der Waals surface area contributed by atoms with Gasteiger partial charge in [0.1, 0.15) is 0 Å². The highest BCUT2D eigenvalue weighted by atomic mass is 35.5. The van der Waals surface area contributed by atoms with Crippen molar-refractivity contribution in [2.24, 2.45) is 11.8 Å². The maximum Gasteiger partial charge on any atom is 0.321 e. The molecule has 2 fully saturated rings. The molecule has 1 heterocycles. The van der Waals surface area contributed by atoms with E-state index in [1.807, 2.05) is 19.1 Å². The summed E-state index contributed by atoms with van der Waals surface area (Å²) < 4.78 is 0.832. The van der Waals surface area contributed by atoms with Gasteiger partial charge in [-0.15, -0.1) is 0 Å². The topological polar surface area (TPSA) is 83.1 Å². The van der Waals surface area contributed by atoms with Crippen LogP contribution in [0.2, 0.25) is 5.02 Å². The summed E-state index contributed by atoms with van der Waals surface area (Å²) in [5.74, 6) is 1.15. The molecule has 3 atom stereocenters. The molecule has 3 N–H and O–H groups in total. The number of amides is 3.